The Bertz CT molecular complexity index is 904. The van der Waals surface area contributed by atoms with Gasteiger partial charge in [0.2, 0.25) is 0 Å². The molecule has 3 aromatic carbocycles. The smallest absolute Gasteiger partial charge is 0.338 e. The molecule has 6 heteroatoms. The highest BCUT2D eigenvalue weighted by Gasteiger charge is 2.12. The molecule has 30 heavy (non-hydrogen) atoms. The monoisotopic (exact) mass is 404 g/mol. The Morgan fingerprint density at radius 1 is 0.700 bits per heavy atom. The molecule has 3 rings (SSSR count). The highest BCUT2D eigenvalue weighted by atomic mass is 16.5. The van der Waals surface area contributed by atoms with Crippen LogP contribution in [0.25, 0.3) is 0 Å². The van der Waals surface area contributed by atoms with Gasteiger partial charge in [-0.05, 0) is 42.5 Å². The summed E-state index contributed by atoms with van der Waals surface area (Å²) in [5.74, 6) is -0.753. The van der Waals surface area contributed by atoms with Crippen molar-refractivity contribution in [2.24, 2.45) is 0 Å². The quantitative estimate of drug-likeness (QED) is 0.432. The minimum atomic E-state index is -0.376. The summed E-state index contributed by atoms with van der Waals surface area (Å²) in [5.41, 5.74) is 8.40. The van der Waals surface area contributed by atoms with Crippen molar-refractivity contribution in [2.45, 2.75) is 0 Å². The predicted octanol–water partition coefficient (Wildman–Crippen LogP) is 3.79. The van der Waals surface area contributed by atoms with Crippen molar-refractivity contribution in [3.63, 3.8) is 0 Å². The van der Waals surface area contributed by atoms with Crippen LogP contribution in [0.3, 0.4) is 0 Å². The number of rotatable bonds is 9. The van der Waals surface area contributed by atoms with Crippen LogP contribution in [0.2, 0.25) is 0 Å². The van der Waals surface area contributed by atoms with Crippen LogP contribution >= 0.6 is 0 Å². The van der Waals surface area contributed by atoms with Gasteiger partial charge >= 0.3 is 11.9 Å². The Hall–Kier alpha value is -3.80. The largest absolute Gasteiger partial charge is 0.460 e. The molecule has 0 fully saturated rings. The molecule has 0 bridgehead atoms. The number of carbonyl (C=O) groups is 2. The Balaban J connectivity index is 1.56. The number of nitrogens with two attached hydrogens (primary N) is 1. The first-order valence-corrected chi connectivity index (χ1v) is 9.68. The molecule has 6 nitrogen and oxygen atoms in total. The van der Waals surface area contributed by atoms with Crippen molar-refractivity contribution in [2.75, 3.05) is 36.9 Å². The number of hydrogen-bond donors (Lipinski definition) is 1. The Morgan fingerprint density at radius 2 is 1.20 bits per heavy atom. The maximum atomic E-state index is 12.1. The number of hydrogen-bond acceptors (Lipinski definition) is 6. The zero-order valence-electron chi connectivity index (χ0n) is 16.6. The van der Waals surface area contributed by atoms with Gasteiger partial charge in [0.25, 0.3) is 0 Å². The number of nitrogen functional groups attached to an aromatic ring is 1. The Labute approximate surface area is 175 Å². The van der Waals surface area contributed by atoms with Crippen molar-refractivity contribution in [1.29, 1.82) is 0 Å². The predicted molar refractivity (Wildman–Crippen MR) is 117 cm³/mol. The lowest BCUT2D eigenvalue weighted by molar-refractivity contribution is 0.0504. The highest BCUT2D eigenvalue weighted by molar-refractivity contribution is 5.89. The zero-order chi connectivity index (χ0) is 21.2. The third-order valence-electron chi connectivity index (χ3n) is 4.44. The maximum absolute atomic E-state index is 12.1. The van der Waals surface area contributed by atoms with E-state index in [0.717, 1.165) is 5.69 Å². The molecule has 0 heterocycles. The average molecular weight is 404 g/mol. The van der Waals surface area contributed by atoms with Crippen LogP contribution in [0.1, 0.15) is 20.7 Å². The van der Waals surface area contributed by atoms with Gasteiger partial charge in [-0.3, -0.25) is 0 Å². The number of carbonyl (C=O) groups excluding carboxylic acids is 2. The summed E-state index contributed by atoms with van der Waals surface area (Å²) < 4.78 is 10.8. The van der Waals surface area contributed by atoms with Crippen LogP contribution in [0.4, 0.5) is 11.4 Å². The number of nitrogens with zero attached hydrogens (tertiary/aromatic N) is 1. The van der Waals surface area contributed by atoms with Gasteiger partial charge in [0.1, 0.15) is 13.2 Å². The van der Waals surface area contributed by atoms with E-state index < -0.39 is 0 Å². The van der Waals surface area contributed by atoms with E-state index in [0.29, 0.717) is 29.9 Å². The van der Waals surface area contributed by atoms with Crippen LogP contribution in [0.5, 0.6) is 0 Å². The van der Waals surface area contributed by atoms with Gasteiger partial charge in [0, 0.05) is 11.4 Å². The molecule has 0 radical (unpaired) electrons. The molecule has 0 aromatic heterocycles. The summed E-state index contributed by atoms with van der Waals surface area (Å²) in [6.07, 6.45) is 0. The van der Waals surface area contributed by atoms with Gasteiger partial charge < -0.3 is 20.1 Å². The van der Waals surface area contributed by atoms with E-state index in [1.807, 2.05) is 35.2 Å². The van der Waals surface area contributed by atoms with E-state index in [4.69, 9.17) is 15.2 Å². The highest BCUT2D eigenvalue weighted by Crippen LogP contribution is 2.17. The second-order valence-electron chi connectivity index (χ2n) is 6.59. The molecule has 154 valence electrons. The van der Waals surface area contributed by atoms with E-state index in [2.05, 4.69) is 0 Å². The molecule has 0 aliphatic rings. The van der Waals surface area contributed by atoms with Crippen LogP contribution in [0.15, 0.2) is 84.9 Å². The molecular weight excluding hydrogens is 380 g/mol. The van der Waals surface area contributed by atoms with Gasteiger partial charge in [-0.15, -0.1) is 0 Å². The van der Waals surface area contributed by atoms with E-state index in [9.17, 15) is 9.59 Å². The first-order valence-electron chi connectivity index (χ1n) is 9.68. The standard InChI is InChI=1S/C24H24N2O4/c25-21-12-7-13-22(18-21)26(14-16-29-23(27)19-8-3-1-4-9-19)15-17-30-24(28)20-10-5-2-6-11-20/h1-13,18H,14-17,25H2. The van der Waals surface area contributed by atoms with Crippen molar-refractivity contribution in [3.8, 4) is 0 Å². The first kappa shape index (κ1) is 20.9. The fourth-order valence-corrected chi connectivity index (χ4v) is 2.90. The lowest BCUT2D eigenvalue weighted by Crippen LogP contribution is -2.32. The van der Waals surface area contributed by atoms with Gasteiger partial charge in [-0.25, -0.2) is 9.59 Å². The molecule has 2 N–H and O–H groups in total. The molecule has 0 spiro atoms. The van der Waals surface area contributed by atoms with Gasteiger partial charge in [-0.1, -0.05) is 42.5 Å². The maximum Gasteiger partial charge on any atom is 0.338 e. The second-order valence-corrected chi connectivity index (χ2v) is 6.59. The molecular formula is C24H24N2O4. The third kappa shape index (κ3) is 6.10. The van der Waals surface area contributed by atoms with Crippen LogP contribution in [0, 0.1) is 0 Å². The van der Waals surface area contributed by atoms with Gasteiger partial charge in [0.15, 0.2) is 0 Å². The van der Waals surface area contributed by atoms with E-state index in [1.54, 1.807) is 54.6 Å². The normalized spacial score (nSPS) is 10.3. The third-order valence-corrected chi connectivity index (χ3v) is 4.44. The Morgan fingerprint density at radius 3 is 1.67 bits per heavy atom. The number of esters is 2. The van der Waals surface area contributed by atoms with Crippen molar-refractivity contribution >= 4 is 23.3 Å². The first-order chi connectivity index (χ1) is 14.6. The Kier molecular flexibility index (Phi) is 7.44. The summed E-state index contributed by atoms with van der Waals surface area (Å²) in [6, 6.07) is 25.1. The molecule has 0 atom stereocenters. The number of anilines is 2. The molecule has 0 saturated heterocycles. The summed E-state index contributed by atoms with van der Waals surface area (Å²) in [6.45, 7) is 1.25. The lowest BCUT2D eigenvalue weighted by atomic mass is 10.2. The summed E-state index contributed by atoms with van der Waals surface area (Å²) in [5, 5.41) is 0. The van der Waals surface area contributed by atoms with Crippen LogP contribution in [-0.4, -0.2) is 38.2 Å². The van der Waals surface area contributed by atoms with E-state index in [1.165, 1.54) is 0 Å². The van der Waals surface area contributed by atoms with E-state index in [-0.39, 0.29) is 25.2 Å². The summed E-state index contributed by atoms with van der Waals surface area (Å²) in [4.78, 5) is 26.3. The minimum absolute atomic E-state index is 0.190. The topological polar surface area (TPSA) is 81.9 Å². The molecule has 3 aromatic rings. The summed E-state index contributed by atoms with van der Waals surface area (Å²) in [7, 11) is 0. The number of ether oxygens (including phenoxy) is 2. The van der Waals surface area contributed by atoms with Gasteiger partial charge in [0.05, 0.1) is 24.2 Å². The average Bonchev–Trinajstić information content (AvgIpc) is 2.79. The van der Waals surface area contributed by atoms with Gasteiger partial charge in [-0.2, -0.15) is 0 Å². The molecule has 0 saturated carbocycles. The van der Waals surface area contributed by atoms with Crippen molar-refractivity contribution < 1.29 is 19.1 Å². The zero-order valence-corrected chi connectivity index (χ0v) is 16.6. The molecule has 0 amide bonds. The second kappa shape index (κ2) is 10.7. The molecule has 0 unspecified atom stereocenters. The molecule has 0 aliphatic carbocycles. The fraction of sp³-hybridized carbons (Fsp3) is 0.167. The lowest BCUT2D eigenvalue weighted by Gasteiger charge is -2.25. The van der Waals surface area contributed by atoms with Crippen molar-refractivity contribution in [3.05, 3.63) is 96.1 Å². The SMILES string of the molecule is Nc1cccc(N(CCOC(=O)c2ccccc2)CCOC(=O)c2ccccc2)c1. The summed E-state index contributed by atoms with van der Waals surface area (Å²) >= 11 is 0. The van der Waals surface area contributed by atoms with Crippen molar-refractivity contribution in [1.82, 2.24) is 0 Å². The van der Waals surface area contributed by atoms with E-state index >= 15 is 0 Å². The fourth-order valence-electron chi connectivity index (χ4n) is 2.90. The van der Waals surface area contributed by atoms with Crippen LogP contribution < -0.4 is 10.6 Å². The van der Waals surface area contributed by atoms with Crippen LogP contribution in [-0.2, 0) is 9.47 Å². The molecule has 0 aliphatic heterocycles. The number of benzene rings is 3. The minimum Gasteiger partial charge on any atom is -0.460 e.